The van der Waals surface area contributed by atoms with Gasteiger partial charge in [-0.2, -0.15) is 5.10 Å². The third-order valence-electron chi connectivity index (χ3n) is 3.10. The summed E-state index contributed by atoms with van der Waals surface area (Å²) in [6.45, 7) is 2.14. The molecule has 0 heterocycles. The van der Waals surface area contributed by atoms with E-state index in [1.807, 2.05) is 24.3 Å². The first kappa shape index (κ1) is 15.5. The summed E-state index contributed by atoms with van der Waals surface area (Å²) < 4.78 is 0. The summed E-state index contributed by atoms with van der Waals surface area (Å²) in [5.41, 5.74) is 1.60. The molecule has 0 radical (unpaired) electrons. The Bertz CT molecular complexity index is 418. The third-order valence-corrected chi connectivity index (χ3v) is 3.10. The summed E-state index contributed by atoms with van der Waals surface area (Å²) in [5, 5.41) is 15.4. The van der Waals surface area contributed by atoms with Gasteiger partial charge in [-0.25, -0.2) is 5.84 Å². The molecule has 0 fully saturated rings. The highest BCUT2D eigenvalue weighted by molar-refractivity contribution is 5.99. The van der Waals surface area contributed by atoms with Gasteiger partial charge in [0, 0.05) is 12.6 Å². The normalized spacial score (nSPS) is 13.4. The van der Waals surface area contributed by atoms with Gasteiger partial charge in [-0.15, -0.1) is 0 Å². The van der Waals surface area contributed by atoms with E-state index in [9.17, 15) is 5.11 Å². The number of aliphatic hydroxyl groups is 1. The summed E-state index contributed by atoms with van der Waals surface area (Å²) in [5.74, 6) is 11.6. The van der Waals surface area contributed by atoms with Crippen molar-refractivity contribution in [2.45, 2.75) is 38.7 Å². The second-order valence-electron chi connectivity index (χ2n) is 4.66. The fraction of sp³-hybridized carbons (Fsp3) is 0.500. The minimum absolute atomic E-state index is 0.463. The van der Waals surface area contributed by atoms with Crippen LogP contribution in [0.2, 0.25) is 0 Å². The van der Waals surface area contributed by atoms with E-state index in [2.05, 4.69) is 12.0 Å². The lowest BCUT2D eigenvalue weighted by atomic mass is 9.97. The maximum atomic E-state index is 10.3. The molecule has 5 heteroatoms. The maximum absolute atomic E-state index is 10.3. The van der Waals surface area contributed by atoms with Crippen LogP contribution in [0.3, 0.4) is 0 Å². The van der Waals surface area contributed by atoms with Crippen LogP contribution in [-0.2, 0) is 0 Å². The molecule has 0 aliphatic carbocycles. The van der Waals surface area contributed by atoms with E-state index in [1.54, 1.807) is 7.05 Å². The van der Waals surface area contributed by atoms with Crippen molar-refractivity contribution in [1.82, 2.24) is 5.01 Å². The van der Waals surface area contributed by atoms with E-state index in [0.29, 0.717) is 5.84 Å². The van der Waals surface area contributed by atoms with Crippen LogP contribution in [0.15, 0.2) is 29.4 Å². The Hall–Kier alpha value is -1.59. The lowest BCUT2D eigenvalue weighted by molar-refractivity contribution is 0.163. The molecule has 0 aliphatic rings. The van der Waals surface area contributed by atoms with Crippen molar-refractivity contribution in [3.63, 3.8) is 0 Å². The molecule has 0 spiro atoms. The van der Waals surface area contributed by atoms with Crippen molar-refractivity contribution in [2.24, 2.45) is 16.8 Å². The number of hydrogen-bond acceptors (Lipinski definition) is 4. The zero-order valence-corrected chi connectivity index (χ0v) is 11.7. The van der Waals surface area contributed by atoms with Gasteiger partial charge in [0.1, 0.15) is 0 Å². The zero-order chi connectivity index (χ0) is 14.3. The van der Waals surface area contributed by atoms with Crippen LogP contribution in [0.4, 0.5) is 0 Å². The van der Waals surface area contributed by atoms with Gasteiger partial charge in [0.25, 0.3) is 0 Å². The van der Waals surface area contributed by atoms with Crippen molar-refractivity contribution >= 4 is 5.84 Å². The Kier molecular flexibility index (Phi) is 6.32. The van der Waals surface area contributed by atoms with Gasteiger partial charge in [-0.05, 0) is 12.0 Å². The highest BCUT2D eigenvalue weighted by atomic mass is 16.3. The molecule has 1 rings (SSSR count). The first-order valence-electron chi connectivity index (χ1n) is 6.65. The number of benzene rings is 1. The van der Waals surface area contributed by atoms with Crippen LogP contribution >= 0.6 is 0 Å². The number of nitrogens with zero attached hydrogens (tertiary/aromatic N) is 2. The van der Waals surface area contributed by atoms with Crippen molar-refractivity contribution in [1.29, 1.82) is 0 Å². The molecule has 1 aromatic carbocycles. The fourth-order valence-corrected chi connectivity index (χ4v) is 2.09. The summed E-state index contributed by atoms with van der Waals surface area (Å²) >= 11 is 0. The Morgan fingerprint density at radius 1 is 1.37 bits per heavy atom. The van der Waals surface area contributed by atoms with E-state index < -0.39 is 6.10 Å². The topological polar surface area (TPSA) is 87.9 Å². The largest absolute Gasteiger partial charge is 0.388 e. The molecule has 19 heavy (non-hydrogen) atoms. The molecule has 0 aromatic heterocycles. The monoisotopic (exact) mass is 264 g/mol. The highest BCUT2D eigenvalue weighted by Gasteiger charge is 2.16. The molecule has 0 saturated heterocycles. The van der Waals surface area contributed by atoms with Crippen molar-refractivity contribution in [2.75, 3.05) is 7.05 Å². The Morgan fingerprint density at radius 3 is 2.63 bits per heavy atom. The third kappa shape index (κ3) is 4.22. The molecule has 1 unspecified atom stereocenters. The number of aliphatic hydroxyl groups excluding tert-OH is 1. The molecule has 1 aromatic rings. The molecule has 0 bridgehead atoms. The molecule has 0 amide bonds. The van der Waals surface area contributed by atoms with Crippen molar-refractivity contribution < 1.29 is 5.11 Å². The van der Waals surface area contributed by atoms with E-state index in [0.717, 1.165) is 36.8 Å². The second kappa shape index (κ2) is 7.76. The van der Waals surface area contributed by atoms with Crippen LogP contribution < -0.4 is 11.7 Å². The Balaban J connectivity index is 2.95. The van der Waals surface area contributed by atoms with Gasteiger partial charge in [-0.1, -0.05) is 50.5 Å². The highest BCUT2D eigenvalue weighted by Crippen LogP contribution is 2.24. The van der Waals surface area contributed by atoms with Crippen molar-refractivity contribution in [3.8, 4) is 0 Å². The molecule has 5 N–H and O–H groups in total. The Labute approximate surface area is 114 Å². The average molecular weight is 264 g/mol. The van der Waals surface area contributed by atoms with Gasteiger partial charge in [-0.3, -0.25) is 5.01 Å². The summed E-state index contributed by atoms with van der Waals surface area (Å²) in [6.07, 6.45) is 3.47. The standard InChI is InChI=1S/C14H24N4O/c1-3-4-5-10-13(19)11-8-6-7-9-12(11)14(17-15)18(2)16/h6-9,13,19H,3-5,10,15-16H2,1-2H3/b17-14-. The van der Waals surface area contributed by atoms with Crippen LogP contribution in [0.5, 0.6) is 0 Å². The van der Waals surface area contributed by atoms with Gasteiger partial charge in [0.05, 0.1) is 6.10 Å². The number of unbranched alkanes of at least 4 members (excludes halogenated alkanes) is 2. The Morgan fingerprint density at radius 2 is 2.05 bits per heavy atom. The number of rotatable bonds is 6. The van der Waals surface area contributed by atoms with Gasteiger partial charge >= 0.3 is 0 Å². The molecule has 0 saturated carbocycles. The molecular formula is C14H24N4O. The number of hydrazone groups is 1. The first-order chi connectivity index (χ1) is 9.11. The fourth-order valence-electron chi connectivity index (χ4n) is 2.09. The predicted octanol–water partition coefficient (Wildman–Crippen LogP) is 1.73. The van der Waals surface area contributed by atoms with Gasteiger partial charge < -0.3 is 10.9 Å². The van der Waals surface area contributed by atoms with Crippen LogP contribution in [0.1, 0.15) is 49.8 Å². The molecule has 0 aliphatic heterocycles. The smallest absolute Gasteiger partial charge is 0.169 e. The molecule has 1 atom stereocenters. The SMILES string of the molecule is CCCCCC(O)c1ccccc1/C(=N/N)N(C)N. The number of amidine groups is 1. The number of nitrogens with two attached hydrogens (primary N) is 2. The minimum Gasteiger partial charge on any atom is -0.388 e. The molecule has 106 valence electrons. The van der Waals surface area contributed by atoms with Crippen LogP contribution in [0, 0.1) is 0 Å². The van der Waals surface area contributed by atoms with Gasteiger partial charge in [0.2, 0.25) is 0 Å². The van der Waals surface area contributed by atoms with E-state index in [4.69, 9.17) is 11.7 Å². The van der Waals surface area contributed by atoms with Crippen LogP contribution in [-0.4, -0.2) is 23.0 Å². The number of hydrogen-bond donors (Lipinski definition) is 3. The van der Waals surface area contributed by atoms with Crippen molar-refractivity contribution in [3.05, 3.63) is 35.4 Å². The predicted molar refractivity (Wildman–Crippen MR) is 78.2 cm³/mol. The van der Waals surface area contributed by atoms with Crippen LogP contribution in [0.25, 0.3) is 0 Å². The quantitative estimate of drug-likeness (QED) is 0.240. The summed E-state index contributed by atoms with van der Waals surface area (Å²) in [4.78, 5) is 0. The molecular weight excluding hydrogens is 240 g/mol. The average Bonchev–Trinajstić information content (AvgIpc) is 2.40. The van der Waals surface area contributed by atoms with Gasteiger partial charge in [0.15, 0.2) is 5.84 Å². The number of hydrazine groups is 1. The second-order valence-corrected chi connectivity index (χ2v) is 4.66. The first-order valence-corrected chi connectivity index (χ1v) is 6.65. The van der Waals surface area contributed by atoms with E-state index in [-0.39, 0.29) is 0 Å². The zero-order valence-electron chi connectivity index (χ0n) is 11.7. The summed E-state index contributed by atoms with van der Waals surface area (Å²) in [7, 11) is 1.67. The minimum atomic E-state index is -0.514. The molecule has 5 nitrogen and oxygen atoms in total. The van der Waals surface area contributed by atoms with E-state index >= 15 is 0 Å². The van der Waals surface area contributed by atoms with E-state index in [1.165, 1.54) is 5.01 Å². The summed E-state index contributed by atoms with van der Waals surface area (Å²) in [6, 6.07) is 7.53. The lowest BCUT2D eigenvalue weighted by Crippen LogP contribution is -2.35. The maximum Gasteiger partial charge on any atom is 0.169 e. The lowest BCUT2D eigenvalue weighted by Gasteiger charge is -2.20.